The van der Waals surface area contributed by atoms with Gasteiger partial charge in [-0.2, -0.15) is 5.06 Å². The van der Waals surface area contributed by atoms with Crippen LogP contribution >= 0.6 is 12.4 Å². The van der Waals surface area contributed by atoms with Crippen LogP contribution in [0.5, 0.6) is 80.5 Å². The molecule has 3 unspecified atom stereocenters. The summed E-state index contributed by atoms with van der Waals surface area (Å²) in [5.74, 6) is -2.56. The molecule has 43 heteroatoms. The van der Waals surface area contributed by atoms with Crippen molar-refractivity contribution in [2.75, 3.05) is 152 Å². The van der Waals surface area contributed by atoms with Gasteiger partial charge in [-0.05, 0) is 137 Å². The molecule has 0 saturated carbocycles. The molecule has 3 atom stereocenters. The minimum absolute atomic E-state index is 0. The number of Topliss-reactive ketones (excluding diaryl/α,β-unsaturated/α-hetero) is 3. The van der Waals surface area contributed by atoms with E-state index in [1.807, 2.05) is 38.1 Å². The molecule has 142 heavy (non-hydrogen) atoms. The van der Waals surface area contributed by atoms with Crippen LogP contribution in [0.4, 0.5) is 5.69 Å². The van der Waals surface area contributed by atoms with Crippen LogP contribution in [0.2, 0.25) is 0 Å². The Labute approximate surface area is 828 Å². The van der Waals surface area contributed by atoms with Gasteiger partial charge in [0.15, 0.2) is 18.0 Å². The Kier molecular flexibility index (Phi) is 56.1. The van der Waals surface area contributed by atoms with E-state index in [-0.39, 0.29) is 92.1 Å². The number of cyclic esters (lactones) is 2. The number of anilines is 1. The van der Waals surface area contributed by atoms with E-state index in [1.54, 1.807) is 105 Å². The van der Waals surface area contributed by atoms with E-state index in [0.29, 0.717) is 102 Å². The van der Waals surface area contributed by atoms with Crippen molar-refractivity contribution in [1.29, 1.82) is 0 Å². The summed E-state index contributed by atoms with van der Waals surface area (Å²) < 4.78 is 87.5. The molecule has 0 aliphatic carbocycles. The van der Waals surface area contributed by atoms with Gasteiger partial charge in [0, 0.05) is 140 Å². The highest BCUT2D eigenvalue weighted by Gasteiger charge is 2.35. The van der Waals surface area contributed by atoms with Gasteiger partial charge in [0.1, 0.15) is 92.9 Å². The Morgan fingerprint density at radius 2 is 0.732 bits per heavy atom. The van der Waals surface area contributed by atoms with Gasteiger partial charge < -0.3 is 105 Å². The quantitative estimate of drug-likeness (QED) is 0.00371. The van der Waals surface area contributed by atoms with Crippen LogP contribution in [0.3, 0.4) is 0 Å². The fraction of sp³-hybridized carbons (Fsp3) is 0.374. The molecule has 7 aromatic carbocycles. The number of benzene rings is 7. The number of nitrogens with zero attached hydrogens (tertiary/aromatic N) is 7. The van der Waals surface area contributed by atoms with Gasteiger partial charge in [0.25, 0.3) is 23.6 Å². The van der Waals surface area contributed by atoms with Crippen molar-refractivity contribution in [2.24, 2.45) is 9.98 Å². The second-order valence-corrected chi connectivity index (χ2v) is 29.3. The summed E-state index contributed by atoms with van der Waals surface area (Å²) >= 11 is 0. The van der Waals surface area contributed by atoms with Gasteiger partial charge in [0.2, 0.25) is 11.6 Å². The molecule has 3 aliphatic heterocycles. The number of aliphatic hydroxyl groups excluding tert-OH is 1. The zero-order valence-electron chi connectivity index (χ0n) is 81.6. The lowest BCUT2D eigenvalue weighted by Crippen LogP contribution is -2.32. The van der Waals surface area contributed by atoms with Gasteiger partial charge in [-0.25, -0.2) is 14.8 Å². The van der Waals surface area contributed by atoms with Gasteiger partial charge in [-0.1, -0.05) is 7.43 Å². The van der Waals surface area contributed by atoms with Crippen molar-refractivity contribution in [3.8, 4) is 80.5 Å². The van der Waals surface area contributed by atoms with Gasteiger partial charge in [0.05, 0.1) is 151 Å². The number of aliphatic hydroxyl groups is 1. The van der Waals surface area contributed by atoms with Gasteiger partial charge >= 0.3 is 35.8 Å². The lowest BCUT2D eigenvalue weighted by Gasteiger charge is -2.20. The fourth-order valence-electron chi connectivity index (χ4n) is 11.7. The largest absolute Gasteiger partial charge is 0.497 e. The number of hydroxylamine groups is 4. The zero-order chi connectivity index (χ0) is 104. The number of pyridine rings is 1. The number of ether oxygens (including phenoxy) is 17. The van der Waals surface area contributed by atoms with Crippen LogP contribution in [-0.2, 0) is 67.0 Å². The molecule has 42 nitrogen and oxygen atoms in total. The molecule has 0 spiro atoms. The van der Waals surface area contributed by atoms with Crippen LogP contribution < -0.4 is 71.2 Å². The number of imide groups is 2. The lowest BCUT2D eigenvalue weighted by molar-refractivity contribution is -0.197. The average Bonchev–Trinajstić information content (AvgIpc) is 1.08. The molecular weight excluding hydrogens is 1880 g/mol. The maximum absolute atomic E-state index is 13.6. The molecule has 3 aliphatic rings. The summed E-state index contributed by atoms with van der Waals surface area (Å²) in [5.41, 5.74) is 3.23. The molecule has 1 aromatic heterocycles. The topological polar surface area (TPSA) is 516 Å². The van der Waals surface area contributed by atoms with E-state index in [0.717, 1.165) is 32.3 Å². The van der Waals surface area contributed by atoms with Crippen molar-refractivity contribution < 1.29 is 168 Å². The Hall–Kier alpha value is -15.8. The number of carbonyl (C=O) groups is 14. The molecule has 0 radical (unpaired) electrons. The number of aliphatic carboxylic acids is 1. The Bertz CT molecular complexity index is 5370. The second kappa shape index (κ2) is 65.1. The number of esters is 4. The number of carboxylic acids is 1. The highest BCUT2D eigenvalue weighted by molar-refractivity contribution is 6.05. The number of carbonyl (C=O) groups excluding carboxylic acids is 13. The number of hydrogen-bond donors (Lipinski definition) is 3. The van der Waals surface area contributed by atoms with E-state index in [9.17, 15) is 72.2 Å². The monoisotopic (exact) mass is 2000 g/mol. The van der Waals surface area contributed by atoms with E-state index < -0.39 is 114 Å². The number of halogens is 1. The first-order valence-electron chi connectivity index (χ1n) is 42.5. The normalized spacial score (nSPS) is 12.2. The summed E-state index contributed by atoms with van der Waals surface area (Å²) in [4.78, 5) is 182. The summed E-state index contributed by atoms with van der Waals surface area (Å²) in [6.45, 7) is 4.67. The SMILES string of the molecule is C.CCN=C=NCCCN(C)C.CN(C)c1ccncc1.COc1cc(C=O)cc(OC)c1.COc1cc(OC)cc(C(=O)C(O)c2cc(OC)cc(OC)c2)c1.COc1cc(OC)cc(C(=O)C(OC(=O)CCC(=O)O)c2cc(OC)cc(OC)c2)c1.COc1cc(OC)cc(C(=O)C(OC(=O)CCC(=O)ON2C(=O)CCC2=O)c2cc(OC)cc(OC)c2)c1.Cl.O=C1CCC(=O)N1O.O=C1CCC(=O)O1. The Balaban J connectivity index is 0.000000588. The maximum atomic E-state index is 13.6. The van der Waals surface area contributed by atoms with E-state index in [1.165, 1.54) is 140 Å². The summed E-state index contributed by atoms with van der Waals surface area (Å²) in [5, 5.41) is 28.2. The number of hydrogen-bond acceptors (Lipinski definition) is 39. The van der Waals surface area contributed by atoms with Crippen molar-refractivity contribution >= 4 is 107 Å². The molecule has 4 heterocycles. The fourth-order valence-corrected chi connectivity index (χ4v) is 11.7. The second-order valence-electron chi connectivity index (χ2n) is 29.3. The molecule has 3 fully saturated rings. The van der Waals surface area contributed by atoms with Gasteiger partial charge in [-0.3, -0.25) is 72.5 Å². The highest BCUT2D eigenvalue weighted by Crippen LogP contribution is 2.37. The molecule has 770 valence electrons. The summed E-state index contributed by atoms with van der Waals surface area (Å²) in [7, 11) is 28.7. The summed E-state index contributed by atoms with van der Waals surface area (Å²) in [6, 6.07) is 39.5. The number of carboxylic acid groups (broad SMARTS) is 1. The van der Waals surface area contributed by atoms with Crippen molar-refractivity contribution in [1.82, 2.24) is 20.0 Å². The molecule has 0 bridgehead atoms. The third-order valence-electron chi connectivity index (χ3n) is 19.1. The van der Waals surface area contributed by atoms with Crippen LogP contribution in [0, 0.1) is 0 Å². The first-order valence-corrected chi connectivity index (χ1v) is 42.5. The van der Waals surface area contributed by atoms with E-state index in [2.05, 4.69) is 44.7 Å². The first kappa shape index (κ1) is 122. The predicted octanol–water partition coefficient (Wildman–Crippen LogP) is 12.5. The molecule has 8 aromatic rings. The minimum atomic E-state index is -1.46. The van der Waals surface area contributed by atoms with E-state index in [4.69, 9.17) is 90.9 Å². The van der Waals surface area contributed by atoms with Crippen LogP contribution in [0.25, 0.3) is 0 Å². The lowest BCUT2D eigenvalue weighted by atomic mass is 9.98. The van der Waals surface area contributed by atoms with Crippen molar-refractivity contribution in [2.45, 2.75) is 103 Å². The molecular formula is C99H122ClN7O35. The Morgan fingerprint density at radius 1 is 0.430 bits per heavy atom. The van der Waals surface area contributed by atoms with Crippen molar-refractivity contribution in [3.05, 3.63) is 191 Å². The van der Waals surface area contributed by atoms with Crippen LogP contribution in [0.15, 0.2) is 162 Å². The Morgan fingerprint density at radius 3 is 1.01 bits per heavy atom. The number of methoxy groups -OCH3 is 14. The van der Waals surface area contributed by atoms with Crippen LogP contribution in [0.1, 0.15) is 161 Å². The maximum Gasteiger partial charge on any atom is 0.333 e. The third-order valence-corrected chi connectivity index (χ3v) is 19.1. The molecule has 3 N–H and O–H groups in total. The van der Waals surface area contributed by atoms with E-state index >= 15 is 0 Å². The van der Waals surface area contributed by atoms with Crippen molar-refractivity contribution in [3.63, 3.8) is 0 Å². The minimum Gasteiger partial charge on any atom is -0.497 e. The number of amides is 4. The third kappa shape index (κ3) is 42.3. The van der Waals surface area contributed by atoms with Gasteiger partial charge in [-0.15, -0.1) is 17.5 Å². The van der Waals surface area contributed by atoms with Crippen LogP contribution in [-0.4, -0.2) is 272 Å². The number of aliphatic imine (C=N–C) groups is 2. The molecule has 4 amide bonds. The molecule has 3 saturated heterocycles. The standard InChI is InChI=1S/C26H27NO11.C22H24O9.C18H20O6.C9H10O3.C8H17N3.C7H10N2.C4H5NO3.C4H4O3.CH4.ClH/c1-33-17-9-15(10-18(13-17)34-2)25(32)26(16-11-19(35-3)14-20(12-16)36-4)37-23(30)7-8-24(31)38-27-21(28)5-6-22(27)29;1-27-15-7-13(8-16(11-15)28-2)21(26)22(31-20(25)6-5-19(23)24)14-9-17(29-3)12-18(10-14)30-4;1-21-13-5-11(6-14(9-13)22-2)17(19)18(20)12-7-15(23-3)10-16(8-12)24-4;1-11-8-3-7(6-10)4-9(5-8)12-2;1-4-9-8-10-6-5-7-11(2)3;1-9(2)7-3-5-8-6-4-7;6-3-1-2-4(7)5(3)8;5-3-1-2-4(6)7-3;;/h9-14,26H,5-8H2,1-4H3;7-12,22H,5-6H2,1-4H3,(H,23,24);5-10,17,19H,1-4H3;3-6H,1-2H3;4-7H2,1-3H3;3-6H,1-2H3;8H,1-2H2;1-2H2;1H4;1H. The number of ketones is 3. The number of aldehydes is 1. The molecule has 11 rings (SSSR count). The zero-order valence-corrected chi connectivity index (χ0v) is 82.4. The first-order chi connectivity index (χ1) is 66.9. The number of aromatic nitrogens is 1. The summed E-state index contributed by atoms with van der Waals surface area (Å²) in [6.07, 6.45) is 0.127. The predicted molar refractivity (Wildman–Crippen MR) is 515 cm³/mol. The average molecular weight is 2010 g/mol. The number of rotatable bonds is 39. The smallest absolute Gasteiger partial charge is 0.333 e. The highest BCUT2D eigenvalue weighted by atomic mass is 35.5.